The van der Waals surface area contributed by atoms with Gasteiger partial charge in [0.15, 0.2) is 0 Å². The lowest BCUT2D eigenvalue weighted by atomic mass is 10.1. The number of carbonyl (C=O) groups is 1. The van der Waals surface area contributed by atoms with Crippen LogP contribution in [-0.2, 0) is 30.8 Å². The van der Waals surface area contributed by atoms with E-state index in [0.29, 0.717) is 0 Å². The highest BCUT2D eigenvalue weighted by atomic mass is 32.2. The quantitative estimate of drug-likeness (QED) is 0.432. The Labute approximate surface area is 174 Å². The molecule has 1 amide bonds. The summed E-state index contributed by atoms with van der Waals surface area (Å²) in [4.78, 5) is 30.0. The minimum atomic E-state index is -5.15. The van der Waals surface area contributed by atoms with Crippen molar-refractivity contribution in [3.05, 3.63) is 68.3 Å². The molecular weight excluding hydrogens is 462 g/mol. The summed E-state index contributed by atoms with van der Waals surface area (Å²) in [7, 11) is -10.2. The molecule has 31 heavy (non-hydrogen) atoms. The first-order valence-corrected chi connectivity index (χ1v) is 10.9. The highest BCUT2D eigenvalue weighted by Gasteiger charge is 2.37. The summed E-state index contributed by atoms with van der Waals surface area (Å²) < 4.78 is 53.8. The number of hydrogen-bond acceptors (Lipinski definition) is 10. The van der Waals surface area contributed by atoms with Crippen LogP contribution in [0.25, 0.3) is 0 Å². The van der Waals surface area contributed by atoms with Crippen LogP contribution in [0.3, 0.4) is 0 Å². The Morgan fingerprint density at radius 3 is 1.97 bits per heavy atom. The van der Waals surface area contributed by atoms with Gasteiger partial charge in [-0.25, -0.2) is 4.79 Å². The van der Waals surface area contributed by atoms with Crippen LogP contribution < -0.4 is 0 Å². The molecule has 2 aromatic carbocycles. The number of hydroxylamine groups is 1. The third kappa shape index (κ3) is 4.93. The van der Waals surface area contributed by atoms with Gasteiger partial charge in [-0.2, -0.15) is 16.8 Å². The Hall–Kier alpha value is -3.63. The van der Waals surface area contributed by atoms with E-state index in [4.69, 9.17) is 0 Å². The Morgan fingerprint density at radius 1 is 1.00 bits per heavy atom. The predicted octanol–water partition coefficient (Wildman–Crippen LogP) is 2.05. The second kappa shape index (κ2) is 8.62. The number of hydrogen-bond donors (Lipinski definition) is 1. The zero-order chi connectivity index (χ0) is 23.6. The first kappa shape index (κ1) is 23.6. The molecule has 0 saturated carbocycles. The fourth-order valence-corrected chi connectivity index (χ4v) is 4.86. The van der Waals surface area contributed by atoms with Crippen molar-refractivity contribution in [2.75, 3.05) is 0 Å². The SMILES string of the molecule is CCc1cc([N+](=O)[O-])ccc1S(=O)(=O)N(OS(=O)(=O)c1ccc([N+](=O)[O-])cc1)C(=O)O. The van der Waals surface area contributed by atoms with E-state index in [1.165, 1.54) is 6.92 Å². The van der Waals surface area contributed by atoms with Gasteiger partial charge in [0.25, 0.3) is 21.4 Å². The van der Waals surface area contributed by atoms with E-state index < -0.39 is 61.7 Å². The van der Waals surface area contributed by atoms with Crippen LogP contribution in [-0.4, -0.2) is 42.4 Å². The number of amides is 1. The maximum Gasteiger partial charge on any atom is 0.447 e. The van der Waals surface area contributed by atoms with Crippen LogP contribution in [0.1, 0.15) is 12.5 Å². The van der Waals surface area contributed by atoms with Gasteiger partial charge in [0.2, 0.25) is 0 Å². The van der Waals surface area contributed by atoms with E-state index in [0.717, 1.165) is 42.5 Å². The van der Waals surface area contributed by atoms with Crippen molar-refractivity contribution in [2.45, 2.75) is 23.1 Å². The number of sulfonamides is 1. The van der Waals surface area contributed by atoms with E-state index in [2.05, 4.69) is 4.28 Å². The van der Waals surface area contributed by atoms with E-state index in [1.807, 2.05) is 0 Å². The van der Waals surface area contributed by atoms with Crippen LogP contribution in [0.15, 0.2) is 52.3 Å². The van der Waals surface area contributed by atoms with E-state index >= 15 is 0 Å². The highest BCUT2D eigenvalue weighted by Crippen LogP contribution is 2.27. The van der Waals surface area contributed by atoms with Crippen molar-refractivity contribution in [1.29, 1.82) is 0 Å². The van der Waals surface area contributed by atoms with Crippen LogP contribution in [0.5, 0.6) is 0 Å². The summed E-state index contributed by atoms with van der Waals surface area (Å²) in [5.74, 6) is 0. The standard InChI is InChI=1S/C15H13N3O11S2/c1-2-10-9-12(17(23)24)5-8-14(10)30(25,26)18(15(19)20)29-31(27,28)13-6-3-11(4-7-13)16(21)22/h3-9H,2H2,1H3,(H,19,20). The number of non-ortho nitro benzene ring substituents is 2. The summed E-state index contributed by atoms with van der Waals surface area (Å²) in [5, 5.41) is 30.8. The van der Waals surface area contributed by atoms with Gasteiger partial charge < -0.3 is 5.11 Å². The van der Waals surface area contributed by atoms with Gasteiger partial charge in [-0.1, -0.05) is 11.4 Å². The predicted molar refractivity (Wildman–Crippen MR) is 101 cm³/mol. The van der Waals surface area contributed by atoms with Gasteiger partial charge in [0, 0.05) is 24.3 Å². The van der Waals surface area contributed by atoms with E-state index in [1.54, 1.807) is 0 Å². The fraction of sp³-hybridized carbons (Fsp3) is 0.133. The minimum Gasteiger partial charge on any atom is -0.463 e. The topological polar surface area (TPSA) is 204 Å². The molecule has 0 spiro atoms. The van der Waals surface area contributed by atoms with Crippen molar-refractivity contribution in [3.8, 4) is 0 Å². The summed E-state index contributed by atoms with van der Waals surface area (Å²) in [6.45, 7) is 1.44. The van der Waals surface area contributed by atoms with Gasteiger partial charge in [-0.15, -0.1) is 4.28 Å². The number of aryl methyl sites for hydroxylation is 1. The van der Waals surface area contributed by atoms with Crippen LogP contribution in [0.4, 0.5) is 16.2 Å². The lowest BCUT2D eigenvalue weighted by molar-refractivity contribution is -0.385. The molecule has 0 radical (unpaired) electrons. The highest BCUT2D eigenvalue weighted by molar-refractivity contribution is 7.91. The van der Waals surface area contributed by atoms with Gasteiger partial charge in [-0.05, 0) is 30.2 Å². The smallest absolute Gasteiger partial charge is 0.447 e. The second-order valence-electron chi connectivity index (χ2n) is 5.70. The Kier molecular flexibility index (Phi) is 6.58. The largest absolute Gasteiger partial charge is 0.463 e. The summed E-state index contributed by atoms with van der Waals surface area (Å²) >= 11 is 0. The van der Waals surface area contributed by atoms with Crippen molar-refractivity contribution < 1.29 is 40.9 Å². The van der Waals surface area contributed by atoms with Crippen LogP contribution in [0, 0.1) is 20.2 Å². The second-order valence-corrected chi connectivity index (χ2v) is 8.95. The molecule has 0 aliphatic heterocycles. The van der Waals surface area contributed by atoms with Crippen molar-refractivity contribution in [1.82, 2.24) is 4.47 Å². The maximum absolute atomic E-state index is 12.8. The number of nitrogens with zero attached hydrogens (tertiary/aromatic N) is 3. The fourth-order valence-electron chi connectivity index (χ4n) is 2.34. The Balaban J connectivity index is 2.51. The maximum atomic E-state index is 12.8. The molecule has 1 N–H and O–H groups in total. The van der Waals surface area contributed by atoms with Crippen molar-refractivity contribution in [2.24, 2.45) is 0 Å². The third-order valence-electron chi connectivity index (χ3n) is 3.79. The molecular formula is C15H13N3O11S2. The number of nitro benzene ring substituents is 2. The molecule has 16 heteroatoms. The molecule has 0 unspecified atom stereocenters. The lowest BCUT2D eigenvalue weighted by Gasteiger charge is -2.19. The molecule has 0 saturated heterocycles. The molecule has 14 nitrogen and oxygen atoms in total. The molecule has 0 fully saturated rings. The number of benzene rings is 2. The monoisotopic (exact) mass is 475 g/mol. The molecule has 0 atom stereocenters. The molecule has 166 valence electrons. The molecule has 0 heterocycles. The summed E-state index contributed by atoms with van der Waals surface area (Å²) in [6.07, 6.45) is -2.38. The molecule has 0 bridgehead atoms. The average Bonchev–Trinajstić information content (AvgIpc) is 2.71. The average molecular weight is 475 g/mol. The molecule has 2 rings (SSSR count). The number of carboxylic acid groups (broad SMARTS) is 1. The van der Waals surface area contributed by atoms with Crippen LogP contribution >= 0.6 is 0 Å². The summed E-state index contributed by atoms with van der Waals surface area (Å²) in [6, 6.07) is 5.49. The van der Waals surface area contributed by atoms with E-state index in [-0.39, 0.29) is 12.0 Å². The zero-order valence-electron chi connectivity index (χ0n) is 15.4. The number of rotatable bonds is 8. The first-order valence-electron chi connectivity index (χ1n) is 8.06. The Morgan fingerprint density at radius 2 is 1.52 bits per heavy atom. The molecule has 0 aliphatic carbocycles. The Bertz CT molecular complexity index is 1260. The first-order chi connectivity index (χ1) is 14.3. The van der Waals surface area contributed by atoms with Crippen LogP contribution in [0.2, 0.25) is 0 Å². The van der Waals surface area contributed by atoms with Crippen molar-refractivity contribution >= 4 is 37.6 Å². The van der Waals surface area contributed by atoms with Crippen molar-refractivity contribution in [3.63, 3.8) is 0 Å². The third-order valence-corrected chi connectivity index (χ3v) is 6.70. The molecule has 2 aromatic rings. The number of nitro groups is 2. The summed E-state index contributed by atoms with van der Waals surface area (Å²) in [5.41, 5.74) is -1.09. The van der Waals surface area contributed by atoms with Gasteiger partial charge >= 0.3 is 16.2 Å². The van der Waals surface area contributed by atoms with Gasteiger partial charge in [0.1, 0.15) is 0 Å². The normalized spacial score (nSPS) is 11.6. The lowest BCUT2D eigenvalue weighted by Crippen LogP contribution is -2.38. The van der Waals surface area contributed by atoms with E-state index in [9.17, 15) is 47.0 Å². The van der Waals surface area contributed by atoms with Gasteiger partial charge in [-0.3, -0.25) is 20.2 Å². The van der Waals surface area contributed by atoms with Gasteiger partial charge in [0.05, 0.1) is 19.6 Å². The molecule has 0 aliphatic rings. The molecule has 0 aromatic heterocycles. The zero-order valence-corrected chi connectivity index (χ0v) is 17.1. The minimum absolute atomic E-state index is 0.0706.